The van der Waals surface area contributed by atoms with Gasteiger partial charge in [-0.3, -0.25) is 0 Å². The lowest BCUT2D eigenvalue weighted by atomic mass is 9.96. The fraction of sp³-hybridized carbons (Fsp3) is 0.496. The first-order chi connectivity index (χ1) is 63.5. The Labute approximate surface area is 833 Å². The summed E-state index contributed by atoms with van der Waals surface area (Å²) < 4.78 is 67.1. The molecule has 0 bridgehead atoms. The molecule has 0 radical (unpaired) electrons. The molecule has 8 aromatic carbocycles. The van der Waals surface area contributed by atoms with E-state index in [1.807, 2.05) is 109 Å². The lowest BCUT2D eigenvalue weighted by Gasteiger charge is -2.11. The van der Waals surface area contributed by atoms with Crippen molar-refractivity contribution >= 4 is 59.7 Å². The fourth-order valence-electron chi connectivity index (χ4n) is 14.3. The molecule has 0 aliphatic heterocycles. The Hall–Kier alpha value is -12.0. The van der Waals surface area contributed by atoms with Crippen molar-refractivity contribution in [1.29, 1.82) is 0 Å². The minimum absolute atomic E-state index is 0. The number of carbonyl (C=O) groups is 10. The van der Waals surface area contributed by atoms with Crippen LogP contribution in [-0.4, -0.2) is 156 Å². The van der Waals surface area contributed by atoms with Gasteiger partial charge in [0.05, 0.1) is 92.3 Å². The largest absolute Gasteiger partial charge is 0.482 e. The van der Waals surface area contributed by atoms with Crippen molar-refractivity contribution in [2.24, 2.45) is 17.8 Å². The van der Waals surface area contributed by atoms with E-state index in [1.165, 1.54) is 113 Å². The Morgan fingerprint density at radius 1 is 0.273 bits per heavy atom. The van der Waals surface area contributed by atoms with E-state index in [1.54, 1.807) is 24.3 Å². The van der Waals surface area contributed by atoms with Gasteiger partial charge in [0.2, 0.25) is 0 Å². The maximum Gasteiger partial charge on any atom is 0.344 e. The molecule has 11 unspecified atom stereocenters. The summed E-state index contributed by atoms with van der Waals surface area (Å²) in [4.78, 5) is 111. The van der Waals surface area contributed by atoms with Crippen molar-refractivity contribution in [2.75, 3.05) is 96.5 Å². The average Bonchev–Trinajstić information content (AvgIpc) is 1.66. The standard InChI is InChI=1S/C15H18O4.C14H18O4.C14H18O3.2C14H20O3.C13H18O3.C13H16O2.C12H16O2.6CH4/c1-9-6-12-7-11(4-5-13(12)10(9)2)15(17)19-8-14(16)18-3;1-4-10(2)11-6-5-7-12(8-11)14(16)18-9-13(15)17-3;1-9-6-11-7-12(17-8-14(15)16-3)4-5-13(11)10(9)2;1-4-11(2)13-7-5-12(6-8-13)9-17-10-14(15)16-3;1-4-11(2)13-7-5-6-12(8-13)9-17-10-14(15)16-3;1-4-10(2)11-6-5-7-12(8-11)16-9-13(14)15-3;1-8-6-11-7-10(13(14)15-3)4-5-12(11)9(8)2;1-4-9(2)10-6-5-7-11(8-10)12(13)14-3;;;;;;/h4-5,7,9-10H,6,8H2,1-3H3;5-8,10H,4,9H2,1-3H3;4-5,7,9-10H,6,8H2,1-3H3;2*5-8,11H,4,9-10H2,1-3H3;5-8,10H,4,9H2,1-3H3;4-5,7-9H,6H2,1-3H3;5-9H,4H2,1-3H3;6*1H4. The Morgan fingerprint density at radius 2 is 0.561 bits per heavy atom. The monoisotopic (exact) mass is 1930 g/mol. The number of methoxy groups -OCH3 is 8. The Balaban J connectivity index is -0.00000151. The molecule has 8 aromatic rings. The van der Waals surface area contributed by atoms with Crippen LogP contribution in [0.2, 0.25) is 0 Å². The van der Waals surface area contributed by atoms with Gasteiger partial charge >= 0.3 is 59.7 Å². The molecule has 3 aliphatic carbocycles. The molecule has 24 heteroatoms. The number of hydrogen-bond donors (Lipinski definition) is 0. The molecule has 0 fully saturated rings. The first-order valence-corrected chi connectivity index (χ1v) is 45.7. The third-order valence-electron chi connectivity index (χ3n) is 24.5. The fourth-order valence-corrected chi connectivity index (χ4v) is 14.3. The Kier molecular flexibility index (Phi) is 66.6. The number of benzene rings is 8. The van der Waals surface area contributed by atoms with Crippen LogP contribution in [0.4, 0.5) is 0 Å². The van der Waals surface area contributed by atoms with E-state index in [2.05, 4.69) is 186 Å². The smallest absolute Gasteiger partial charge is 0.344 e. The zero-order valence-corrected chi connectivity index (χ0v) is 82.7. The average molecular weight is 1930 g/mol. The molecule has 0 spiro atoms. The van der Waals surface area contributed by atoms with Gasteiger partial charge in [0.1, 0.15) is 24.7 Å². The van der Waals surface area contributed by atoms with E-state index < -0.39 is 23.9 Å². The predicted molar refractivity (Wildman–Crippen MR) is 555 cm³/mol. The van der Waals surface area contributed by atoms with Crippen molar-refractivity contribution < 1.29 is 114 Å². The molecule has 139 heavy (non-hydrogen) atoms. The van der Waals surface area contributed by atoms with Crippen molar-refractivity contribution in [2.45, 2.75) is 267 Å². The van der Waals surface area contributed by atoms with Crippen LogP contribution in [0, 0.1) is 17.8 Å². The Morgan fingerprint density at radius 3 is 0.928 bits per heavy atom. The highest BCUT2D eigenvalue weighted by Gasteiger charge is 2.30. The molecule has 3 aliphatic rings. The van der Waals surface area contributed by atoms with Gasteiger partial charge in [-0.05, 0) is 262 Å². The van der Waals surface area contributed by atoms with Crippen LogP contribution in [0.15, 0.2) is 176 Å². The maximum atomic E-state index is 11.8. The lowest BCUT2D eigenvalue weighted by molar-refractivity contribution is -0.147. The molecular formula is C115H168O24. The molecule has 0 heterocycles. The van der Waals surface area contributed by atoms with Crippen molar-refractivity contribution in [3.8, 4) is 11.5 Å². The van der Waals surface area contributed by atoms with Crippen LogP contribution < -0.4 is 9.47 Å². The summed E-state index contributed by atoms with van der Waals surface area (Å²) in [5, 5.41) is 0. The number of esters is 10. The summed E-state index contributed by atoms with van der Waals surface area (Å²) in [6.45, 7) is 35.1. The van der Waals surface area contributed by atoms with Crippen molar-refractivity contribution in [1.82, 2.24) is 0 Å². The van der Waals surface area contributed by atoms with Gasteiger partial charge in [-0.15, -0.1) is 0 Å². The predicted octanol–water partition coefficient (Wildman–Crippen LogP) is 25.5. The molecule has 0 amide bonds. The number of carbonyl (C=O) groups excluding carboxylic acids is 10. The minimum atomic E-state index is -0.568. The second-order valence-electron chi connectivity index (χ2n) is 33.6. The summed E-state index contributed by atoms with van der Waals surface area (Å²) >= 11 is 0. The highest BCUT2D eigenvalue weighted by molar-refractivity contribution is 5.92. The van der Waals surface area contributed by atoms with Crippen LogP contribution in [0.5, 0.6) is 11.5 Å². The van der Waals surface area contributed by atoms with Crippen molar-refractivity contribution in [3.63, 3.8) is 0 Å². The number of rotatable bonds is 32. The Bertz CT molecular complexity index is 4950. The number of fused-ring (bicyclic) bond motifs is 3. The third kappa shape index (κ3) is 45.2. The first kappa shape index (κ1) is 131. The molecule has 0 saturated heterocycles. The van der Waals surface area contributed by atoms with Gasteiger partial charge in [0.25, 0.3) is 0 Å². The zero-order chi connectivity index (χ0) is 98.8. The van der Waals surface area contributed by atoms with Crippen LogP contribution >= 0.6 is 0 Å². The van der Waals surface area contributed by atoms with Gasteiger partial charge in [0.15, 0.2) is 26.4 Å². The van der Waals surface area contributed by atoms with E-state index in [9.17, 15) is 47.9 Å². The lowest BCUT2D eigenvalue weighted by Crippen LogP contribution is -2.15. The van der Waals surface area contributed by atoms with Gasteiger partial charge in [0, 0.05) is 0 Å². The van der Waals surface area contributed by atoms with Crippen LogP contribution in [-0.2, 0) is 118 Å². The maximum absolute atomic E-state index is 11.8. The van der Waals surface area contributed by atoms with E-state index in [0.29, 0.717) is 106 Å². The van der Waals surface area contributed by atoms with Crippen molar-refractivity contribution in [3.05, 3.63) is 271 Å². The highest BCUT2D eigenvalue weighted by atomic mass is 16.6. The molecular weight excluding hydrogens is 1770 g/mol. The van der Waals surface area contributed by atoms with Gasteiger partial charge in [-0.2, -0.15) is 0 Å². The molecule has 24 nitrogen and oxygen atoms in total. The van der Waals surface area contributed by atoms with Crippen LogP contribution in [0.1, 0.15) is 349 Å². The van der Waals surface area contributed by atoms with E-state index in [-0.39, 0.29) is 120 Å². The molecule has 11 rings (SSSR count). The van der Waals surface area contributed by atoms with E-state index in [0.717, 1.165) is 73.8 Å². The second kappa shape index (κ2) is 70.6. The summed E-state index contributed by atoms with van der Waals surface area (Å²) in [5.41, 5.74) is 18.5. The molecule has 772 valence electrons. The third-order valence-corrected chi connectivity index (χ3v) is 24.5. The topological polar surface area (TPSA) is 300 Å². The van der Waals surface area contributed by atoms with Gasteiger partial charge in [-0.25, -0.2) is 47.9 Å². The minimum Gasteiger partial charge on any atom is -0.482 e. The quantitative estimate of drug-likeness (QED) is 0.0279. The molecule has 11 atom stereocenters. The molecule has 0 N–H and O–H groups in total. The molecule has 0 saturated carbocycles. The summed E-state index contributed by atoms with van der Waals surface area (Å²) in [6.07, 6.45) is 8.55. The van der Waals surface area contributed by atoms with Gasteiger partial charge in [-0.1, -0.05) is 258 Å². The SMILES string of the molecule is C.C.C.C.C.C.CCC(C)c1ccc(COCC(=O)OC)cc1.CCC(C)c1cccc(C(=O)OC)c1.CCC(C)c1cccc(C(=O)OCC(=O)OC)c1.CCC(C)c1cccc(COCC(=O)OC)c1.CCC(C)c1cccc(OCC(=O)OC)c1.COC(=O)COC(=O)c1ccc2c(c1)CC(C)C2C.COC(=O)COc1ccc2c(c1)CC(C)C2C.COC(=O)c1ccc2c(c1)CC(C)C2C. The van der Waals surface area contributed by atoms with E-state index in [4.69, 9.17) is 33.2 Å². The van der Waals surface area contributed by atoms with Crippen LogP contribution in [0.3, 0.4) is 0 Å². The number of hydrogen-bond acceptors (Lipinski definition) is 24. The normalized spacial score (nSPS) is 15.2. The summed E-state index contributed by atoms with van der Waals surface area (Å²) in [6, 6.07) is 56.9. The van der Waals surface area contributed by atoms with Crippen LogP contribution in [0.25, 0.3) is 0 Å². The highest BCUT2D eigenvalue weighted by Crippen LogP contribution is 2.41. The first-order valence-electron chi connectivity index (χ1n) is 45.7. The van der Waals surface area contributed by atoms with Gasteiger partial charge < -0.3 is 66.3 Å². The zero-order valence-electron chi connectivity index (χ0n) is 82.7. The summed E-state index contributed by atoms with van der Waals surface area (Å²) in [5.74, 6) is 3.61. The summed E-state index contributed by atoms with van der Waals surface area (Å²) in [7, 11) is 10.7. The number of ether oxygens (including phenoxy) is 14. The van der Waals surface area contributed by atoms with E-state index >= 15 is 0 Å². The molecule has 0 aromatic heterocycles. The second-order valence-corrected chi connectivity index (χ2v) is 33.6.